The van der Waals surface area contributed by atoms with Crippen LogP contribution in [-0.4, -0.2) is 36.9 Å². The minimum Gasteiger partial charge on any atom is -0.313 e. The lowest BCUT2D eigenvalue weighted by molar-refractivity contribution is 0.728. The third kappa shape index (κ3) is 2.43. The van der Waals surface area contributed by atoms with Gasteiger partial charge >= 0.3 is 0 Å². The summed E-state index contributed by atoms with van der Waals surface area (Å²) in [5.74, 6) is 0. The van der Waals surface area contributed by atoms with E-state index in [-0.39, 0.29) is 0 Å². The van der Waals surface area contributed by atoms with Gasteiger partial charge in [0.15, 0.2) is 0 Å². The van der Waals surface area contributed by atoms with E-state index in [4.69, 9.17) is 0 Å². The van der Waals surface area contributed by atoms with Crippen molar-refractivity contribution in [2.45, 2.75) is 13.5 Å². The van der Waals surface area contributed by atoms with Gasteiger partial charge in [0.1, 0.15) is 6.33 Å². The van der Waals surface area contributed by atoms with Gasteiger partial charge in [0.25, 0.3) is 0 Å². The molecule has 0 aliphatic heterocycles. The van der Waals surface area contributed by atoms with E-state index in [0.717, 1.165) is 35.6 Å². The molecule has 0 aliphatic carbocycles. The molecule has 0 saturated carbocycles. The van der Waals surface area contributed by atoms with Gasteiger partial charge in [-0.25, -0.2) is 4.68 Å². The Morgan fingerprint density at radius 1 is 1.35 bits per heavy atom. The predicted molar refractivity (Wildman–Crippen MR) is 74.1 cm³/mol. The van der Waals surface area contributed by atoms with Crippen molar-refractivity contribution >= 4 is 0 Å². The third-order valence-corrected chi connectivity index (χ3v) is 3.03. The van der Waals surface area contributed by atoms with E-state index in [2.05, 4.69) is 38.0 Å². The smallest absolute Gasteiger partial charge is 0.143 e. The van der Waals surface area contributed by atoms with E-state index in [9.17, 15) is 0 Å². The summed E-state index contributed by atoms with van der Waals surface area (Å²) in [7, 11) is 0. The molecule has 2 heterocycles. The van der Waals surface area contributed by atoms with Crippen LogP contribution in [0.3, 0.4) is 0 Å². The average Bonchev–Trinajstić information content (AvgIpc) is 3.16. The molecule has 0 amide bonds. The lowest BCUT2D eigenvalue weighted by atomic mass is 10.1. The molecule has 2 aromatic heterocycles. The molecule has 3 aromatic rings. The van der Waals surface area contributed by atoms with Crippen molar-refractivity contribution in [2.24, 2.45) is 0 Å². The lowest BCUT2D eigenvalue weighted by Gasteiger charge is -2.06. The zero-order valence-electron chi connectivity index (χ0n) is 11.1. The molecule has 0 radical (unpaired) electrons. The topological polar surface area (TPSA) is 84.3 Å². The summed E-state index contributed by atoms with van der Waals surface area (Å²) in [6.07, 6.45) is 3.42. The number of nitrogens with one attached hydrogen (secondary N) is 2. The van der Waals surface area contributed by atoms with Gasteiger partial charge < -0.3 is 5.32 Å². The van der Waals surface area contributed by atoms with Crippen LogP contribution in [0.15, 0.2) is 36.8 Å². The van der Waals surface area contributed by atoms with Crippen LogP contribution in [0.1, 0.15) is 12.5 Å². The second-order valence-corrected chi connectivity index (χ2v) is 4.36. The maximum Gasteiger partial charge on any atom is 0.143 e. The second-order valence-electron chi connectivity index (χ2n) is 4.36. The number of aromatic nitrogens is 6. The highest BCUT2D eigenvalue weighted by molar-refractivity contribution is 5.65. The summed E-state index contributed by atoms with van der Waals surface area (Å²) in [5.41, 5.74) is 4.13. The summed E-state index contributed by atoms with van der Waals surface area (Å²) < 4.78 is 1.63. The molecule has 1 aromatic carbocycles. The Kier molecular flexibility index (Phi) is 3.51. The van der Waals surface area contributed by atoms with Crippen molar-refractivity contribution in [3.63, 3.8) is 0 Å². The van der Waals surface area contributed by atoms with Gasteiger partial charge in [0, 0.05) is 17.7 Å². The molecule has 0 bridgehead atoms. The van der Waals surface area contributed by atoms with Crippen LogP contribution in [0.25, 0.3) is 16.9 Å². The van der Waals surface area contributed by atoms with Crippen LogP contribution in [0.5, 0.6) is 0 Å². The van der Waals surface area contributed by atoms with Crippen LogP contribution >= 0.6 is 0 Å². The molecule has 0 aliphatic rings. The lowest BCUT2D eigenvalue weighted by Crippen LogP contribution is -2.11. The molecule has 0 fully saturated rings. The van der Waals surface area contributed by atoms with Crippen molar-refractivity contribution in [1.82, 2.24) is 35.7 Å². The van der Waals surface area contributed by atoms with Gasteiger partial charge in [-0.2, -0.15) is 5.10 Å². The molecule has 0 unspecified atom stereocenters. The van der Waals surface area contributed by atoms with Gasteiger partial charge in [-0.1, -0.05) is 19.1 Å². The van der Waals surface area contributed by atoms with Crippen LogP contribution in [0, 0.1) is 0 Å². The largest absolute Gasteiger partial charge is 0.313 e. The Balaban J connectivity index is 1.95. The first-order valence-electron chi connectivity index (χ1n) is 6.45. The van der Waals surface area contributed by atoms with Crippen LogP contribution in [0.4, 0.5) is 0 Å². The van der Waals surface area contributed by atoms with E-state index < -0.39 is 0 Å². The van der Waals surface area contributed by atoms with Gasteiger partial charge in [-0.15, -0.1) is 5.10 Å². The summed E-state index contributed by atoms with van der Waals surface area (Å²) in [4.78, 5) is 0. The van der Waals surface area contributed by atoms with Crippen molar-refractivity contribution in [1.29, 1.82) is 0 Å². The predicted octanol–water partition coefficient (Wildman–Crippen LogP) is 1.16. The van der Waals surface area contributed by atoms with E-state index in [1.807, 2.05) is 30.5 Å². The van der Waals surface area contributed by atoms with Crippen LogP contribution < -0.4 is 5.32 Å². The molecule has 102 valence electrons. The maximum atomic E-state index is 4.13. The number of nitrogens with zero attached hydrogens (tertiary/aromatic N) is 5. The van der Waals surface area contributed by atoms with E-state index in [1.165, 1.54) is 0 Å². The number of hydrogen-bond acceptors (Lipinski definition) is 5. The Bertz CT molecular complexity index is 672. The Morgan fingerprint density at radius 2 is 2.30 bits per heavy atom. The zero-order valence-corrected chi connectivity index (χ0v) is 11.1. The van der Waals surface area contributed by atoms with Crippen molar-refractivity contribution in [2.75, 3.05) is 6.54 Å². The summed E-state index contributed by atoms with van der Waals surface area (Å²) in [5, 5.41) is 21.7. The zero-order chi connectivity index (χ0) is 13.8. The average molecular weight is 269 g/mol. The van der Waals surface area contributed by atoms with E-state index in [1.54, 1.807) is 11.0 Å². The highest BCUT2D eigenvalue weighted by atomic mass is 15.5. The summed E-state index contributed by atoms with van der Waals surface area (Å²) >= 11 is 0. The minimum atomic E-state index is 0.789. The van der Waals surface area contributed by atoms with Gasteiger partial charge in [0.05, 0.1) is 17.6 Å². The molecule has 0 saturated heterocycles. The SMILES string of the molecule is CCNCc1cn[nH]c1-c1cccc(-n2cnnn2)c1. The quantitative estimate of drug-likeness (QED) is 0.726. The number of hydrogen-bond donors (Lipinski definition) is 2. The molecule has 0 spiro atoms. The number of tetrazole rings is 1. The first kappa shape index (κ1) is 12.5. The van der Waals surface area contributed by atoms with Crippen LogP contribution in [0.2, 0.25) is 0 Å². The molecule has 20 heavy (non-hydrogen) atoms. The highest BCUT2D eigenvalue weighted by Gasteiger charge is 2.08. The Morgan fingerprint density at radius 3 is 3.10 bits per heavy atom. The number of H-pyrrole nitrogens is 1. The van der Waals surface area contributed by atoms with E-state index >= 15 is 0 Å². The Labute approximate surface area is 116 Å². The maximum absolute atomic E-state index is 4.13. The van der Waals surface area contributed by atoms with E-state index in [0.29, 0.717) is 0 Å². The standard InChI is InChI=1S/C13H15N7/c1-2-14-7-11-8-15-17-13(11)10-4-3-5-12(6-10)20-9-16-18-19-20/h3-6,8-9,14H,2,7H2,1H3,(H,15,17). The number of aromatic amines is 1. The fourth-order valence-electron chi connectivity index (χ4n) is 2.04. The first-order valence-corrected chi connectivity index (χ1v) is 6.45. The second kappa shape index (κ2) is 5.62. The minimum absolute atomic E-state index is 0.789. The molecule has 7 nitrogen and oxygen atoms in total. The van der Waals surface area contributed by atoms with Crippen molar-refractivity contribution < 1.29 is 0 Å². The molecular formula is C13H15N7. The third-order valence-electron chi connectivity index (χ3n) is 3.03. The highest BCUT2D eigenvalue weighted by Crippen LogP contribution is 2.23. The molecule has 3 rings (SSSR count). The monoisotopic (exact) mass is 269 g/mol. The van der Waals surface area contributed by atoms with Crippen molar-refractivity contribution in [3.05, 3.63) is 42.4 Å². The summed E-state index contributed by atoms with van der Waals surface area (Å²) in [6.45, 7) is 3.80. The van der Waals surface area contributed by atoms with Gasteiger partial charge in [-0.3, -0.25) is 5.10 Å². The fourth-order valence-corrected chi connectivity index (χ4v) is 2.04. The molecule has 7 heteroatoms. The summed E-state index contributed by atoms with van der Waals surface area (Å²) in [6, 6.07) is 8.00. The fraction of sp³-hybridized carbons (Fsp3) is 0.231. The Hall–Kier alpha value is -2.54. The first-order chi connectivity index (χ1) is 9.88. The molecule has 0 atom stereocenters. The van der Waals surface area contributed by atoms with Gasteiger partial charge in [-0.05, 0) is 29.1 Å². The molecule has 2 N–H and O–H groups in total. The van der Waals surface area contributed by atoms with Crippen molar-refractivity contribution in [3.8, 4) is 16.9 Å². The number of rotatable bonds is 5. The van der Waals surface area contributed by atoms with Gasteiger partial charge in [0.2, 0.25) is 0 Å². The number of benzene rings is 1. The van der Waals surface area contributed by atoms with Crippen LogP contribution in [-0.2, 0) is 6.54 Å². The normalized spacial score (nSPS) is 10.8. The molecular weight excluding hydrogens is 254 g/mol.